The van der Waals surface area contributed by atoms with Gasteiger partial charge in [-0.25, -0.2) is 0 Å². The number of halogens is 2. The van der Waals surface area contributed by atoms with Gasteiger partial charge in [-0.1, -0.05) is 0 Å². The van der Waals surface area contributed by atoms with Crippen molar-refractivity contribution in [1.29, 1.82) is 0 Å². The van der Waals surface area contributed by atoms with Gasteiger partial charge in [-0.05, 0) is 0 Å². The summed E-state index contributed by atoms with van der Waals surface area (Å²) in [5.74, 6) is -0.468. The van der Waals surface area contributed by atoms with Crippen LogP contribution >= 0.6 is 0 Å². The zero-order valence-corrected chi connectivity index (χ0v) is 10.3. The predicted octanol–water partition coefficient (Wildman–Crippen LogP) is 3.25. The molecule has 0 saturated carbocycles. The maximum Gasteiger partial charge on any atom is 2.00 e. The minimum atomic E-state index is -0.234. The Bertz CT molecular complexity index is 311. The van der Waals surface area contributed by atoms with Gasteiger partial charge in [-0.15, -0.1) is 24.3 Å². The first-order valence-electron chi connectivity index (χ1n) is 4.02. The molecule has 0 aliphatic carbocycles. The van der Waals surface area contributed by atoms with Gasteiger partial charge in [0.15, 0.2) is 0 Å². The Morgan fingerprint density at radius 3 is 1.33 bits per heavy atom. The summed E-state index contributed by atoms with van der Waals surface area (Å²) >= 11 is 0. The predicted molar refractivity (Wildman–Crippen MR) is 50.5 cm³/mol. The van der Waals surface area contributed by atoms with E-state index in [4.69, 9.17) is 0 Å². The quantitative estimate of drug-likeness (QED) is 0.650. The smallest absolute Gasteiger partial charge is 0.284 e. The molecule has 0 radical (unpaired) electrons. The van der Waals surface area contributed by atoms with Crippen molar-refractivity contribution in [3.8, 4) is 0 Å². The van der Waals surface area contributed by atoms with Gasteiger partial charge in [0.1, 0.15) is 0 Å². The zero-order chi connectivity index (χ0) is 10.2. The molecule has 3 heteroatoms. The summed E-state index contributed by atoms with van der Waals surface area (Å²) in [5, 5.41) is 0. The fraction of sp³-hybridized carbons (Fsp3) is 0. The molecule has 0 aliphatic heterocycles. The summed E-state index contributed by atoms with van der Waals surface area (Å²) in [7, 11) is 0. The molecule has 0 spiro atoms. The molecule has 0 saturated heterocycles. The second kappa shape index (κ2) is 8.49. The second-order valence-corrected chi connectivity index (χ2v) is 2.44. The van der Waals surface area contributed by atoms with E-state index in [0.29, 0.717) is 0 Å². The van der Waals surface area contributed by atoms with Crippen LogP contribution in [-0.2, 0) is 26.2 Å². The van der Waals surface area contributed by atoms with E-state index in [1.807, 2.05) is 0 Å². The Morgan fingerprint density at radius 1 is 0.800 bits per heavy atom. The van der Waals surface area contributed by atoms with Gasteiger partial charge in [-0.2, -0.15) is 36.4 Å². The van der Waals surface area contributed by atoms with E-state index in [1.54, 1.807) is 24.3 Å². The fourth-order valence-corrected chi connectivity index (χ4v) is 0.743. The number of hydrogen-bond donors (Lipinski definition) is 0. The first-order chi connectivity index (χ1) is 6.79. The SMILES string of the molecule is Fc1c[c-]ccc1.Fc1c[c-]ccc1.[Zr+2]. The molecule has 2 aromatic rings. The summed E-state index contributed by atoms with van der Waals surface area (Å²) in [5.41, 5.74) is 0. The molecule has 0 unspecified atom stereocenters. The van der Waals surface area contributed by atoms with Crippen molar-refractivity contribution in [2.45, 2.75) is 0 Å². The van der Waals surface area contributed by atoms with Crippen molar-refractivity contribution in [2.75, 3.05) is 0 Å². The molecule has 0 nitrogen and oxygen atoms in total. The molecule has 0 aromatic heterocycles. The van der Waals surface area contributed by atoms with Gasteiger partial charge >= 0.3 is 26.2 Å². The van der Waals surface area contributed by atoms with E-state index >= 15 is 0 Å². The van der Waals surface area contributed by atoms with Crippen LogP contribution in [0.3, 0.4) is 0 Å². The van der Waals surface area contributed by atoms with Gasteiger partial charge in [0.2, 0.25) is 0 Å². The van der Waals surface area contributed by atoms with Gasteiger partial charge in [0.25, 0.3) is 0 Å². The van der Waals surface area contributed by atoms with Crippen molar-refractivity contribution in [3.63, 3.8) is 0 Å². The molecule has 2 rings (SSSR count). The van der Waals surface area contributed by atoms with Crippen LogP contribution in [0.2, 0.25) is 0 Å². The van der Waals surface area contributed by atoms with Crippen molar-refractivity contribution in [2.24, 2.45) is 0 Å². The standard InChI is InChI=1S/2C6H4F.Zr/c2*7-6-4-2-1-3-5-6;/h2*1-2,4-5H;/q2*-1;+2. The largest absolute Gasteiger partial charge is 2.00 e. The molecule has 74 valence electrons. The third kappa shape index (κ3) is 7.15. The van der Waals surface area contributed by atoms with E-state index in [1.165, 1.54) is 24.3 Å². The topological polar surface area (TPSA) is 0 Å². The van der Waals surface area contributed by atoms with Crippen LogP contribution in [-0.4, -0.2) is 0 Å². The Kier molecular flexibility index (Phi) is 8.03. The van der Waals surface area contributed by atoms with E-state index in [-0.39, 0.29) is 37.8 Å². The van der Waals surface area contributed by atoms with Crippen molar-refractivity contribution in [3.05, 3.63) is 72.3 Å². The molecule has 0 atom stereocenters. The Labute approximate surface area is 107 Å². The molecule has 0 fully saturated rings. The third-order valence-electron chi connectivity index (χ3n) is 1.34. The number of rotatable bonds is 0. The van der Waals surface area contributed by atoms with Crippen LogP contribution < -0.4 is 0 Å². The van der Waals surface area contributed by atoms with Crippen LogP contribution in [0.4, 0.5) is 8.78 Å². The average Bonchev–Trinajstić information content (AvgIpc) is 2.21. The molecule has 15 heavy (non-hydrogen) atoms. The molecule has 0 aliphatic rings. The summed E-state index contributed by atoms with van der Waals surface area (Å²) in [6, 6.07) is 17.1. The van der Waals surface area contributed by atoms with Gasteiger partial charge in [0.05, 0.1) is 0 Å². The molecule has 0 bridgehead atoms. The fourth-order valence-electron chi connectivity index (χ4n) is 0.743. The normalized spacial score (nSPS) is 8.13. The Hall–Kier alpha value is -0.817. The van der Waals surface area contributed by atoms with E-state index in [0.717, 1.165) is 0 Å². The third-order valence-corrected chi connectivity index (χ3v) is 1.34. The second-order valence-electron chi connectivity index (χ2n) is 2.44. The summed E-state index contributed by atoms with van der Waals surface area (Å²) < 4.78 is 23.8. The van der Waals surface area contributed by atoms with Crippen LogP contribution in [0.15, 0.2) is 48.5 Å². The first kappa shape index (κ1) is 14.2. The van der Waals surface area contributed by atoms with E-state index in [2.05, 4.69) is 12.1 Å². The van der Waals surface area contributed by atoms with Gasteiger partial charge in [-0.3, -0.25) is 8.78 Å². The van der Waals surface area contributed by atoms with Crippen LogP contribution in [0.25, 0.3) is 0 Å². The van der Waals surface area contributed by atoms with E-state index < -0.39 is 0 Å². The molecule has 0 heterocycles. The number of hydrogen-bond acceptors (Lipinski definition) is 0. The molecular weight excluding hydrogens is 273 g/mol. The van der Waals surface area contributed by atoms with Crippen molar-refractivity contribution >= 4 is 0 Å². The summed E-state index contributed by atoms with van der Waals surface area (Å²) in [6.07, 6.45) is 0. The molecule has 0 amide bonds. The monoisotopic (exact) mass is 280 g/mol. The van der Waals surface area contributed by atoms with Crippen molar-refractivity contribution in [1.82, 2.24) is 0 Å². The average molecular weight is 281 g/mol. The van der Waals surface area contributed by atoms with Crippen LogP contribution in [0.1, 0.15) is 0 Å². The van der Waals surface area contributed by atoms with Gasteiger partial charge in [0, 0.05) is 11.6 Å². The summed E-state index contributed by atoms with van der Waals surface area (Å²) in [6.45, 7) is 0. The van der Waals surface area contributed by atoms with Crippen molar-refractivity contribution < 1.29 is 35.0 Å². The maximum absolute atomic E-state index is 11.9. The Balaban J connectivity index is 0.000000245. The zero-order valence-electron chi connectivity index (χ0n) is 7.87. The minimum absolute atomic E-state index is 0. The Morgan fingerprint density at radius 2 is 1.20 bits per heavy atom. The van der Waals surface area contributed by atoms with E-state index in [9.17, 15) is 8.78 Å². The molecule has 2 aromatic carbocycles. The molecular formula is C12H8F2Zr. The van der Waals surface area contributed by atoms with Crippen LogP contribution in [0.5, 0.6) is 0 Å². The first-order valence-corrected chi connectivity index (χ1v) is 4.02. The maximum atomic E-state index is 11.9. The summed E-state index contributed by atoms with van der Waals surface area (Å²) in [4.78, 5) is 0. The van der Waals surface area contributed by atoms with Crippen LogP contribution in [0, 0.1) is 23.8 Å². The number of benzene rings is 2. The van der Waals surface area contributed by atoms with Gasteiger partial charge < -0.3 is 0 Å². The molecule has 0 N–H and O–H groups in total. The minimum Gasteiger partial charge on any atom is -0.284 e.